The summed E-state index contributed by atoms with van der Waals surface area (Å²) in [4.78, 5) is 19.5. The lowest BCUT2D eigenvalue weighted by atomic mass is 10.1. The summed E-state index contributed by atoms with van der Waals surface area (Å²) < 4.78 is 5.25. The van der Waals surface area contributed by atoms with Crippen LogP contribution in [0, 0.1) is 0 Å². The molecule has 1 amide bonds. The van der Waals surface area contributed by atoms with Crippen LogP contribution < -0.4 is 10.1 Å². The van der Waals surface area contributed by atoms with Crippen LogP contribution in [0.5, 0.6) is 5.75 Å². The lowest BCUT2D eigenvalue weighted by molar-refractivity contribution is 0.0948. The highest BCUT2D eigenvalue weighted by Crippen LogP contribution is 2.17. The predicted molar refractivity (Wildman–Crippen MR) is 76.1 cm³/mol. The van der Waals surface area contributed by atoms with E-state index in [2.05, 4.69) is 15.3 Å². The van der Waals surface area contributed by atoms with Gasteiger partial charge in [0.15, 0.2) is 0 Å². The summed E-state index contributed by atoms with van der Waals surface area (Å²) in [5, 5.41) is 3.04. The van der Waals surface area contributed by atoms with Gasteiger partial charge in [-0.1, -0.05) is 29.8 Å². The minimum Gasteiger partial charge on any atom is -0.496 e. The normalized spacial score (nSPS) is 10.1. The fourth-order valence-electron chi connectivity index (χ4n) is 1.74. The van der Waals surface area contributed by atoms with Gasteiger partial charge in [0, 0.05) is 6.54 Å². The van der Waals surface area contributed by atoms with E-state index in [-0.39, 0.29) is 16.8 Å². The van der Waals surface area contributed by atoms with Crippen molar-refractivity contribution in [2.45, 2.75) is 6.42 Å². The average Bonchev–Trinajstić information content (AvgIpc) is 2.48. The maximum Gasteiger partial charge on any atom is 0.271 e. The van der Waals surface area contributed by atoms with Crippen molar-refractivity contribution in [1.29, 1.82) is 0 Å². The Balaban J connectivity index is 1.89. The molecule has 2 aromatic rings. The summed E-state index contributed by atoms with van der Waals surface area (Å²) in [5.74, 6) is 0.539. The van der Waals surface area contributed by atoms with Crippen molar-refractivity contribution in [3.8, 4) is 5.75 Å². The molecule has 6 heteroatoms. The molecule has 0 aliphatic rings. The monoisotopic (exact) mass is 291 g/mol. The third-order valence-corrected chi connectivity index (χ3v) is 2.92. The fraction of sp³-hybridized carbons (Fsp3) is 0.214. The van der Waals surface area contributed by atoms with Gasteiger partial charge in [-0.3, -0.25) is 4.79 Å². The second-order valence-corrected chi connectivity index (χ2v) is 4.43. The summed E-state index contributed by atoms with van der Waals surface area (Å²) in [6, 6.07) is 7.70. The summed E-state index contributed by atoms with van der Waals surface area (Å²) in [6.07, 6.45) is 3.37. The van der Waals surface area contributed by atoms with Crippen molar-refractivity contribution >= 4 is 17.5 Å². The molecule has 0 saturated heterocycles. The molecule has 0 aliphatic heterocycles. The van der Waals surface area contributed by atoms with Gasteiger partial charge in [0.25, 0.3) is 5.91 Å². The van der Waals surface area contributed by atoms with Crippen LogP contribution in [0.15, 0.2) is 36.7 Å². The number of hydrogen-bond acceptors (Lipinski definition) is 4. The molecule has 0 spiro atoms. The standard InChI is InChI=1S/C14H14ClN3O2/c1-20-12-5-3-2-4-10(12)6-7-16-14(19)11-8-18-13(15)9-17-11/h2-5,8-9H,6-7H2,1H3,(H,16,19). The van der Waals surface area contributed by atoms with E-state index < -0.39 is 0 Å². The number of methoxy groups -OCH3 is 1. The van der Waals surface area contributed by atoms with Crippen molar-refractivity contribution in [3.05, 3.63) is 53.1 Å². The Hall–Kier alpha value is -2.14. The Morgan fingerprint density at radius 2 is 2.10 bits per heavy atom. The molecule has 0 radical (unpaired) electrons. The zero-order valence-electron chi connectivity index (χ0n) is 11.0. The van der Waals surface area contributed by atoms with E-state index in [0.29, 0.717) is 13.0 Å². The van der Waals surface area contributed by atoms with Crippen LogP contribution in [0.25, 0.3) is 0 Å². The molecular formula is C14H14ClN3O2. The molecule has 1 aromatic heterocycles. The Morgan fingerprint density at radius 1 is 1.30 bits per heavy atom. The van der Waals surface area contributed by atoms with Gasteiger partial charge < -0.3 is 10.1 Å². The molecule has 0 fully saturated rings. The number of halogens is 1. The summed E-state index contributed by atoms with van der Waals surface area (Å²) in [7, 11) is 1.63. The minimum atomic E-state index is -0.274. The Morgan fingerprint density at radius 3 is 2.80 bits per heavy atom. The Kier molecular flexibility index (Phi) is 4.90. The molecule has 0 atom stereocenters. The number of carbonyl (C=O) groups is 1. The third kappa shape index (κ3) is 3.68. The van der Waals surface area contributed by atoms with Gasteiger partial charge in [0.1, 0.15) is 16.6 Å². The van der Waals surface area contributed by atoms with E-state index in [0.717, 1.165) is 11.3 Å². The van der Waals surface area contributed by atoms with E-state index >= 15 is 0 Å². The topological polar surface area (TPSA) is 64.1 Å². The predicted octanol–water partition coefficient (Wildman–Crippen LogP) is 2.11. The highest BCUT2D eigenvalue weighted by Gasteiger charge is 2.08. The van der Waals surface area contributed by atoms with Crippen molar-refractivity contribution < 1.29 is 9.53 Å². The highest BCUT2D eigenvalue weighted by molar-refractivity contribution is 6.29. The first-order chi connectivity index (χ1) is 9.70. The van der Waals surface area contributed by atoms with Gasteiger partial charge >= 0.3 is 0 Å². The average molecular weight is 292 g/mol. The maximum absolute atomic E-state index is 11.8. The maximum atomic E-state index is 11.8. The molecule has 5 nitrogen and oxygen atoms in total. The smallest absolute Gasteiger partial charge is 0.271 e. The Bertz CT molecular complexity index is 587. The van der Waals surface area contributed by atoms with Crippen LogP contribution in [-0.2, 0) is 6.42 Å². The molecule has 2 rings (SSSR count). The van der Waals surface area contributed by atoms with Crippen molar-refractivity contribution in [2.75, 3.05) is 13.7 Å². The van der Waals surface area contributed by atoms with Gasteiger partial charge in [0.2, 0.25) is 0 Å². The second-order valence-electron chi connectivity index (χ2n) is 4.04. The van der Waals surface area contributed by atoms with E-state index in [1.807, 2.05) is 24.3 Å². The number of carbonyl (C=O) groups excluding carboxylic acids is 1. The summed E-state index contributed by atoms with van der Waals surface area (Å²) in [6.45, 7) is 0.490. The molecule has 104 valence electrons. The van der Waals surface area contributed by atoms with E-state index in [1.54, 1.807) is 7.11 Å². The Labute approximate surface area is 122 Å². The van der Waals surface area contributed by atoms with Crippen LogP contribution in [0.4, 0.5) is 0 Å². The summed E-state index contributed by atoms with van der Waals surface area (Å²) >= 11 is 5.61. The van der Waals surface area contributed by atoms with Gasteiger partial charge in [-0.05, 0) is 18.1 Å². The first-order valence-electron chi connectivity index (χ1n) is 6.08. The quantitative estimate of drug-likeness (QED) is 0.916. The van der Waals surface area contributed by atoms with E-state index in [4.69, 9.17) is 16.3 Å². The van der Waals surface area contributed by atoms with Gasteiger partial charge in [0.05, 0.1) is 19.5 Å². The van der Waals surface area contributed by atoms with Crippen LogP contribution in [0.1, 0.15) is 16.1 Å². The molecule has 1 N–H and O–H groups in total. The minimum absolute atomic E-state index is 0.245. The number of hydrogen-bond donors (Lipinski definition) is 1. The number of para-hydroxylation sites is 1. The molecule has 0 saturated carbocycles. The molecule has 20 heavy (non-hydrogen) atoms. The van der Waals surface area contributed by atoms with Gasteiger partial charge in [-0.25, -0.2) is 9.97 Å². The molecule has 0 aliphatic carbocycles. The van der Waals surface area contributed by atoms with E-state index in [9.17, 15) is 4.79 Å². The lowest BCUT2D eigenvalue weighted by Gasteiger charge is -2.08. The first kappa shape index (κ1) is 14.3. The molecule has 0 bridgehead atoms. The number of nitrogens with zero attached hydrogens (tertiary/aromatic N) is 2. The molecule has 1 aromatic carbocycles. The van der Waals surface area contributed by atoms with Crippen LogP contribution in [0.3, 0.4) is 0 Å². The highest BCUT2D eigenvalue weighted by atomic mass is 35.5. The van der Waals surface area contributed by atoms with Crippen LogP contribution in [0.2, 0.25) is 5.15 Å². The van der Waals surface area contributed by atoms with Crippen LogP contribution in [-0.4, -0.2) is 29.5 Å². The van der Waals surface area contributed by atoms with Crippen molar-refractivity contribution in [3.63, 3.8) is 0 Å². The zero-order chi connectivity index (χ0) is 14.4. The number of aromatic nitrogens is 2. The largest absolute Gasteiger partial charge is 0.496 e. The number of benzene rings is 1. The fourth-order valence-corrected chi connectivity index (χ4v) is 1.84. The lowest BCUT2D eigenvalue weighted by Crippen LogP contribution is -2.26. The van der Waals surface area contributed by atoms with E-state index in [1.165, 1.54) is 12.4 Å². The number of nitrogens with one attached hydrogen (secondary N) is 1. The zero-order valence-corrected chi connectivity index (χ0v) is 11.7. The number of amides is 1. The van der Waals surface area contributed by atoms with Crippen LogP contribution >= 0.6 is 11.6 Å². The SMILES string of the molecule is COc1ccccc1CCNC(=O)c1cnc(Cl)cn1. The van der Waals surface area contributed by atoms with Gasteiger partial charge in [-0.2, -0.15) is 0 Å². The first-order valence-corrected chi connectivity index (χ1v) is 6.46. The van der Waals surface area contributed by atoms with Gasteiger partial charge in [-0.15, -0.1) is 0 Å². The summed E-state index contributed by atoms with van der Waals surface area (Å²) in [5.41, 5.74) is 1.28. The number of rotatable bonds is 5. The van der Waals surface area contributed by atoms with Crippen molar-refractivity contribution in [1.82, 2.24) is 15.3 Å². The number of ether oxygens (including phenoxy) is 1. The molecular weight excluding hydrogens is 278 g/mol. The molecule has 1 heterocycles. The second kappa shape index (κ2) is 6.86. The van der Waals surface area contributed by atoms with Crippen molar-refractivity contribution in [2.24, 2.45) is 0 Å². The molecule has 0 unspecified atom stereocenters. The third-order valence-electron chi connectivity index (χ3n) is 2.73.